The molecule has 0 saturated heterocycles. The average molecular weight is 277 g/mol. The van der Waals surface area contributed by atoms with Gasteiger partial charge in [0.1, 0.15) is 0 Å². The molecule has 116 valence electrons. The minimum absolute atomic E-state index is 0.739. The minimum atomic E-state index is 0.739. The van der Waals surface area contributed by atoms with Crippen molar-refractivity contribution in [1.82, 2.24) is 0 Å². The lowest BCUT2D eigenvalue weighted by molar-refractivity contribution is 0.241. The summed E-state index contributed by atoms with van der Waals surface area (Å²) in [7, 11) is 0. The van der Waals surface area contributed by atoms with Gasteiger partial charge in [0, 0.05) is 0 Å². The first kappa shape index (κ1) is 14.9. The maximum Gasteiger partial charge on any atom is -0.0292 e. The fourth-order valence-electron chi connectivity index (χ4n) is 6.33. The minimum Gasteiger partial charge on any atom is -0.0649 e. The zero-order valence-electron chi connectivity index (χ0n) is 14.2. The summed E-state index contributed by atoms with van der Waals surface area (Å²) in [4.78, 5) is 0. The van der Waals surface area contributed by atoms with Gasteiger partial charge in [-0.1, -0.05) is 40.0 Å². The zero-order chi connectivity index (χ0) is 14.2. The largest absolute Gasteiger partial charge is 0.0649 e. The van der Waals surface area contributed by atoms with Crippen LogP contribution in [0.4, 0.5) is 0 Å². The van der Waals surface area contributed by atoms with E-state index in [9.17, 15) is 0 Å². The van der Waals surface area contributed by atoms with Crippen molar-refractivity contribution in [3.05, 3.63) is 0 Å². The van der Waals surface area contributed by atoms with Crippen LogP contribution >= 0.6 is 0 Å². The average Bonchev–Trinajstić information content (AvgIpc) is 3.12. The van der Waals surface area contributed by atoms with E-state index in [0.29, 0.717) is 0 Å². The molecule has 3 saturated carbocycles. The van der Waals surface area contributed by atoms with Crippen LogP contribution in [-0.2, 0) is 0 Å². The summed E-state index contributed by atoms with van der Waals surface area (Å²) in [6.45, 7) is 7.34. The third-order valence-electron chi connectivity index (χ3n) is 7.72. The van der Waals surface area contributed by atoms with Gasteiger partial charge in [0.25, 0.3) is 0 Å². The molecule has 1 spiro atoms. The Morgan fingerprint density at radius 1 is 0.800 bits per heavy atom. The first-order chi connectivity index (χ1) is 9.59. The third-order valence-corrected chi connectivity index (χ3v) is 7.72. The number of hydrogen-bond acceptors (Lipinski definition) is 0. The Bertz CT molecular complexity index is 327. The fraction of sp³-hybridized carbons (Fsp3) is 1.00. The van der Waals surface area contributed by atoms with Crippen molar-refractivity contribution in [2.45, 2.75) is 97.8 Å². The van der Waals surface area contributed by atoms with E-state index < -0.39 is 0 Å². The van der Waals surface area contributed by atoms with Crippen LogP contribution in [0.1, 0.15) is 97.8 Å². The molecule has 0 aromatic heterocycles. The summed E-state index contributed by atoms with van der Waals surface area (Å²) in [5.74, 6) is 3.19. The molecule has 0 amide bonds. The van der Waals surface area contributed by atoms with Gasteiger partial charge < -0.3 is 0 Å². The molecule has 0 nitrogen and oxygen atoms in total. The van der Waals surface area contributed by atoms with Gasteiger partial charge >= 0.3 is 0 Å². The van der Waals surface area contributed by atoms with Gasteiger partial charge in [-0.2, -0.15) is 0 Å². The second-order valence-corrected chi connectivity index (χ2v) is 9.01. The van der Waals surface area contributed by atoms with E-state index >= 15 is 0 Å². The van der Waals surface area contributed by atoms with Gasteiger partial charge in [-0.25, -0.2) is 0 Å². The van der Waals surface area contributed by atoms with Crippen LogP contribution in [0.25, 0.3) is 0 Å². The lowest BCUT2D eigenvalue weighted by atomic mass is 9.78. The van der Waals surface area contributed by atoms with Gasteiger partial charge in [0.2, 0.25) is 0 Å². The Kier molecular flexibility index (Phi) is 4.22. The van der Waals surface area contributed by atoms with Crippen molar-refractivity contribution in [1.29, 1.82) is 0 Å². The molecule has 4 atom stereocenters. The Balaban J connectivity index is 1.51. The van der Waals surface area contributed by atoms with E-state index in [0.717, 1.165) is 28.6 Å². The topological polar surface area (TPSA) is 0 Å². The standard InChI is InChI=1S/C20H36/c1-4-19(5-2)10-7-17(14-19)12-18-8-11-20(15-18)9-6-16(3)13-20/h16-18H,4-15H2,1-3H3. The molecule has 0 heterocycles. The molecule has 3 aliphatic rings. The van der Waals surface area contributed by atoms with Crippen LogP contribution in [-0.4, -0.2) is 0 Å². The highest BCUT2D eigenvalue weighted by Crippen LogP contribution is 2.57. The maximum absolute atomic E-state index is 2.48. The van der Waals surface area contributed by atoms with Crippen LogP contribution < -0.4 is 0 Å². The van der Waals surface area contributed by atoms with E-state index in [1.165, 1.54) is 25.7 Å². The highest BCUT2D eigenvalue weighted by Gasteiger charge is 2.44. The number of hydrogen-bond donors (Lipinski definition) is 0. The SMILES string of the molecule is CCC1(CC)CCC(CC2CCC3(CCC(C)C3)C2)C1. The van der Waals surface area contributed by atoms with Crippen molar-refractivity contribution in [2.24, 2.45) is 28.6 Å². The van der Waals surface area contributed by atoms with E-state index in [4.69, 9.17) is 0 Å². The van der Waals surface area contributed by atoms with Gasteiger partial charge in [-0.15, -0.1) is 0 Å². The molecule has 0 heteroatoms. The molecule has 3 rings (SSSR count). The van der Waals surface area contributed by atoms with Crippen LogP contribution in [0, 0.1) is 28.6 Å². The molecular formula is C20H36. The summed E-state index contributed by atoms with van der Waals surface area (Å²) in [6.07, 6.45) is 18.4. The number of rotatable bonds is 4. The second kappa shape index (κ2) is 5.65. The molecule has 0 N–H and O–H groups in total. The first-order valence-electron chi connectivity index (χ1n) is 9.59. The summed E-state index contributed by atoms with van der Waals surface area (Å²) >= 11 is 0. The van der Waals surface area contributed by atoms with E-state index in [2.05, 4.69) is 20.8 Å². The second-order valence-electron chi connectivity index (χ2n) is 9.01. The predicted molar refractivity (Wildman–Crippen MR) is 87.8 cm³/mol. The van der Waals surface area contributed by atoms with Crippen LogP contribution in [0.5, 0.6) is 0 Å². The lowest BCUT2D eigenvalue weighted by Gasteiger charge is -2.27. The smallest absolute Gasteiger partial charge is 0.0292 e. The van der Waals surface area contributed by atoms with Crippen LogP contribution in [0.2, 0.25) is 0 Å². The molecule has 0 radical (unpaired) electrons. The van der Waals surface area contributed by atoms with E-state index in [-0.39, 0.29) is 0 Å². The molecule has 0 aromatic rings. The highest BCUT2D eigenvalue weighted by atomic mass is 14.5. The van der Waals surface area contributed by atoms with Crippen molar-refractivity contribution < 1.29 is 0 Å². The van der Waals surface area contributed by atoms with Crippen LogP contribution in [0.15, 0.2) is 0 Å². The summed E-state index contributed by atoms with van der Waals surface area (Å²) < 4.78 is 0. The summed E-state index contributed by atoms with van der Waals surface area (Å²) in [5, 5.41) is 0. The molecular weight excluding hydrogens is 240 g/mol. The molecule has 0 aliphatic heterocycles. The summed E-state index contributed by atoms with van der Waals surface area (Å²) in [6, 6.07) is 0. The van der Waals surface area contributed by atoms with Gasteiger partial charge in [-0.3, -0.25) is 0 Å². The Morgan fingerprint density at radius 2 is 1.45 bits per heavy atom. The van der Waals surface area contributed by atoms with Crippen molar-refractivity contribution >= 4 is 0 Å². The van der Waals surface area contributed by atoms with Gasteiger partial charge in [0.15, 0.2) is 0 Å². The van der Waals surface area contributed by atoms with Crippen molar-refractivity contribution in [2.75, 3.05) is 0 Å². The fourth-order valence-corrected chi connectivity index (χ4v) is 6.33. The van der Waals surface area contributed by atoms with Gasteiger partial charge in [-0.05, 0) is 86.4 Å². The Morgan fingerprint density at radius 3 is 2.05 bits per heavy atom. The molecule has 0 bridgehead atoms. The lowest BCUT2D eigenvalue weighted by Crippen LogP contribution is -2.15. The van der Waals surface area contributed by atoms with Gasteiger partial charge in [0.05, 0.1) is 0 Å². The third kappa shape index (κ3) is 2.81. The van der Waals surface area contributed by atoms with Crippen molar-refractivity contribution in [3.63, 3.8) is 0 Å². The molecule has 20 heavy (non-hydrogen) atoms. The van der Waals surface area contributed by atoms with E-state index in [1.54, 1.807) is 51.4 Å². The normalized spacial score (nSPS) is 43.6. The zero-order valence-corrected chi connectivity index (χ0v) is 14.2. The molecule has 3 fully saturated rings. The quantitative estimate of drug-likeness (QED) is 0.543. The molecule has 3 aliphatic carbocycles. The Hall–Kier alpha value is 0. The predicted octanol–water partition coefficient (Wildman–Crippen LogP) is 6.59. The maximum atomic E-state index is 2.48. The van der Waals surface area contributed by atoms with Crippen molar-refractivity contribution in [3.8, 4) is 0 Å². The Labute approximate surface area is 127 Å². The monoisotopic (exact) mass is 276 g/mol. The first-order valence-corrected chi connectivity index (χ1v) is 9.59. The summed E-state index contributed by atoms with van der Waals surface area (Å²) in [5.41, 5.74) is 1.55. The van der Waals surface area contributed by atoms with Crippen LogP contribution in [0.3, 0.4) is 0 Å². The highest BCUT2D eigenvalue weighted by molar-refractivity contribution is 4.96. The van der Waals surface area contributed by atoms with E-state index in [1.807, 2.05) is 0 Å². The molecule has 4 unspecified atom stereocenters. The molecule has 0 aromatic carbocycles.